The van der Waals surface area contributed by atoms with Crippen LogP contribution in [0.25, 0.3) is 0 Å². The predicted octanol–water partition coefficient (Wildman–Crippen LogP) is 2.17. The Morgan fingerprint density at radius 1 is 1.39 bits per heavy atom. The third-order valence-corrected chi connectivity index (χ3v) is 3.71. The van der Waals surface area contributed by atoms with E-state index in [0.717, 1.165) is 30.8 Å². The third kappa shape index (κ3) is 3.40. The van der Waals surface area contributed by atoms with E-state index in [1.165, 1.54) is 6.42 Å². The Labute approximate surface area is 113 Å². The number of rotatable bonds is 3. The number of likely N-dealkylation sites (N-methyl/N-ethyl adjacent to an activating group) is 1. The van der Waals surface area contributed by atoms with E-state index in [0.29, 0.717) is 11.7 Å². The molecule has 2 unspecified atom stereocenters. The average molecular weight is 270 g/mol. The number of aromatic nitrogens is 2. The lowest BCUT2D eigenvalue weighted by atomic mass is 9.91. The zero-order chi connectivity index (χ0) is 13.1. The van der Waals surface area contributed by atoms with Crippen molar-refractivity contribution < 1.29 is 5.11 Å². The molecule has 2 rings (SSSR count). The molecule has 1 N–H and O–H groups in total. The van der Waals surface area contributed by atoms with E-state index in [2.05, 4.69) is 14.9 Å². The summed E-state index contributed by atoms with van der Waals surface area (Å²) in [6, 6.07) is 1.96. The van der Waals surface area contributed by atoms with Crippen LogP contribution < -0.4 is 0 Å². The number of nitrogens with zero attached hydrogens (tertiary/aromatic N) is 3. The van der Waals surface area contributed by atoms with Crippen LogP contribution in [0.4, 0.5) is 0 Å². The van der Waals surface area contributed by atoms with Gasteiger partial charge in [0.2, 0.25) is 0 Å². The maximum absolute atomic E-state index is 10.0. The fraction of sp³-hybridized carbons (Fsp3) is 0.692. The summed E-state index contributed by atoms with van der Waals surface area (Å²) in [6.45, 7) is 2.54. The minimum Gasteiger partial charge on any atom is -0.391 e. The van der Waals surface area contributed by atoms with Crippen LogP contribution in [0, 0.1) is 6.92 Å². The first-order valence-electron chi connectivity index (χ1n) is 6.44. The standard InChI is InChI=1S/C13H20ClN3O/c1-9-7-12(14)16-13(15-9)8-17(2)10-5-3-4-6-11(10)18/h7,10-11,18H,3-6,8H2,1-2H3. The normalized spacial score (nSPS) is 24.5. The first-order valence-corrected chi connectivity index (χ1v) is 6.82. The number of aliphatic hydroxyl groups excluding tert-OH is 1. The molecule has 5 heteroatoms. The number of aliphatic hydroxyl groups is 1. The van der Waals surface area contributed by atoms with Gasteiger partial charge in [-0.2, -0.15) is 0 Å². The SMILES string of the molecule is Cc1cc(Cl)nc(CN(C)C2CCCCC2O)n1. The second kappa shape index (κ2) is 5.95. The summed E-state index contributed by atoms with van der Waals surface area (Å²) in [5.41, 5.74) is 0.877. The van der Waals surface area contributed by atoms with Gasteiger partial charge in [0.05, 0.1) is 12.6 Å². The lowest BCUT2D eigenvalue weighted by molar-refractivity contribution is 0.0278. The fourth-order valence-corrected chi connectivity index (χ4v) is 2.86. The number of halogens is 1. The van der Waals surface area contributed by atoms with Gasteiger partial charge in [-0.15, -0.1) is 0 Å². The summed E-state index contributed by atoms with van der Waals surface area (Å²) in [4.78, 5) is 10.7. The molecule has 2 atom stereocenters. The van der Waals surface area contributed by atoms with Crippen molar-refractivity contribution in [2.24, 2.45) is 0 Å². The molecule has 18 heavy (non-hydrogen) atoms. The Morgan fingerprint density at radius 2 is 2.11 bits per heavy atom. The zero-order valence-electron chi connectivity index (χ0n) is 10.9. The quantitative estimate of drug-likeness (QED) is 0.855. The van der Waals surface area contributed by atoms with Crippen molar-refractivity contribution in [1.29, 1.82) is 0 Å². The smallest absolute Gasteiger partial charge is 0.144 e. The van der Waals surface area contributed by atoms with Gasteiger partial charge >= 0.3 is 0 Å². The van der Waals surface area contributed by atoms with E-state index >= 15 is 0 Å². The van der Waals surface area contributed by atoms with Crippen molar-refractivity contribution in [3.63, 3.8) is 0 Å². The van der Waals surface area contributed by atoms with Gasteiger partial charge in [-0.25, -0.2) is 9.97 Å². The lowest BCUT2D eigenvalue weighted by Crippen LogP contribution is -2.43. The Kier molecular flexibility index (Phi) is 4.54. The van der Waals surface area contributed by atoms with Gasteiger partial charge in [-0.3, -0.25) is 4.90 Å². The van der Waals surface area contributed by atoms with Crippen LogP contribution in [0.1, 0.15) is 37.2 Å². The van der Waals surface area contributed by atoms with E-state index in [9.17, 15) is 5.11 Å². The van der Waals surface area contributed by atoms with Crippen molar-refractivity contribution >= 4 is 11.6 Å². The van der Waals surface area contributed by atoms with Crippen LogP contribution in [0.2, 0.25) is 5.15 Å². The van der Waals surface area contributed by atoms with Crippen molar-refractivity contribution in [1.82, 2.24) is 14.9 Å². The zero-order valence-corrected chi connectivity index (χ0v) is 11.7. The second-order valence-corrected chi connectivity index (χ2v) is 5.47. The van der Waals surface area contributed by atoms with Gasteiger partial charge in [-0.1, -0.05) is 24.4 Å². The number of hydrogen-bond acceptors (Lipinski definition) is 4. The molecule has 0 aromatic carbocycles. The van der Waals surface area contributed by atoms with Gasteiger partial charge in [0.1, 0.15) is 11.0 Å². The Morgan fingerprint density at radius 3 is 2.78 bits per heavy atom. The summed E-state index contributed by atoms with van der Waals surface area (Å²) in [7, 11) is 2.01. The van der Waals surface area contributed by atoms with E-state index in [1.807, 2.05) is 14.0 Å². The summed E-state index contributed by atoms with van der Waals surface area (Å²) in [5, 5.41) is 10.5. The molecule has 1 saturated carbocycles. The Bertz CT molecular complexity index is 393. The van der Waals surface area contributed by atoms with Crippen LogP contribution in [-0.2, 0) is 6.54 Å². The molecule has 1 aromatic rings. The van der Waals surface area contributed by atoms with Crippen LogP contribution >= 0.6 is 11.6 Å². The van der Waals surface area contributed by atoms with Gasteiger partial charge in [0.15, 0.2) is 0 Å². The van der Waals surface area contributed by atoms with Crippen molar-refractivity contribution in [2.45, 2.75) is 51.3 Å². The maximum Gasteiger partial charge on any atom is 0.144 e. The fourth-order valence-electron chi connectivity index (χ4n) is 2.61. The van der Waals surface area contributed by atoms with Gasteiger partial charge in [0.25, 0.3) is 0 Å². The molecule has 1 aliphatic carbocycles. The summed E-state index contributed by atoms with van der Waals surface area (Å²) in [6.07, 6.45) is 4.01. The maximum atomic E-state index is 10.0. The highest BCUT2D eigenvalue weighted by atomic mass is 35.5. The molecule has 0 amide bonds. The highest BCUT2D eigenvalue weighted by Crippen LogP contribution is 2.23. The van der Waals surface area contributed by atoms with E-state index < -0.39 is 0 Å². The highest BCUT2D eigenvalue weighted by molar-refractivity contribution is 6.29. The Hall–Kier alpha value is -0.710. The van der Waals surface area contributed by atoms with Crippen LogP contribution in [0.15, 0.2) is 6.07 Å². The van der Waals surface area contributed by atoms with Gasteiger partial charge in [-0.05, 0) is 32.9 Å². The molecule has 1 aromatic heterocycles. The first-order chi connectivity index (χ1) is 8.56. The number of hydrogen-bond donors (Lipinski definition) is 1. The topological polar surface area (TPSA) is 49.2 Å². The molecule has 4 nitrogen and oxygen atoms in total. The van der Waals surface area contributed by atoms with E-state index in [-0.39, 0.29) is 12.1 Å². The molecule has 1 aliphatic rings. The summed E-state index contributed by atoms with van der Waals surface area (Å²) in [5.74, 6) is 0.722. The minimum absolute atomic E-state index is 0.210. The van der Waals surface area contributed by atoms with Crippen molar-refractivity contribution in [3.8, 4) is 0 Å². The predicted molar refractivity (Wildman–Crippen MR) is 71.5 cm³/mol. The molecule has 1 heterocycles. The summed E-state index contributed by atoms with van der Waals surface area (Å²) < 4.78 is 0. The molecule has 0 bridgehead atoms. The molecule has 0 aliphatic heterocycles. The van der Waals surface area contributed by atoms with Crippen molar-refractivity contribution in [2.75, 3.05) is 7.05 Å². The van der Waals surface area contributed by atoms with E-state index in [4.69, 9.17) is 11.6 Å². The van der Waals surface area contributed by atoms with Crippen LogP contribution in [-0.4, -0.2) is 39.2 Å². The van der Waals surface area contributed by atoms with Crippen molar-refractivity contribution in [3.05, 3.63) is 22.7 Å². The monoisotopic (exact) mass is 269 g/mol. The third-order valence-electron chi connectivity index (χ3n) is 3.52. The van der Waals surface area contributed by atoms with Gasteiger partial charge in [0, 0.05) is 11.7 Å². The number of aryl methyl sites for hydroxylation is 1. The molecular weight excluding hydrogens is 250 g/mol. The molecule has 100 valence electrons. The van der Waals surface area contributed by atoms with Gasteiger partial charge < -0.3 is 5.11 Å². The molecule has 0 radical (unpaired) electrons. The van der Waals surface area contributed by atoms with Crippen LogP contribution in [0.5, 0.6) is 0 Å². The lowest BCUT2D eigenvalue weighted by Gasteiger charge is -2.34. The Balaban J connectivity index is 2.03. The molecule has 0 saturated heterocycles. The van der Waals surface area contributed by atoms with Crippen LogP contribution in [0.3, 0.4) is 0 Å². The minimum atomic E-state index is -0.232. The molecule has 0 spiro atoms. The molecule has 1 fully saturated rings. The average Bonchev–Trinajstić information content (AvgIpc) is 2.27. The van der Waals surface area contributed by atoms with E-state index in [1.54, 1.807) is 6.07 Å². The first kappa shape index (κ1) is 13.7. The summed E-state index contributed by atoms with van der Waals surface area (Å²) >= 11 is 5.93. The highest BCUT2D eigenvalue weighted by Gasteiger charge is 2.26. The molecular formula is C13H20ClN3O. The largest absolute Gasteiger partial charge is 0.391 e. The second-order valence-electron chi connectivity index (χ2n) is 5.08.